The third-order valence-corrected chi connectivity index (χ3v) is 3.15. The van der Waals surface area contributed by atoms with Crippen LogP contribution in [0.25, 0.3) is 0 Å². The zero-order valence-corrected chi connectivity index (χ0v) is 11.5. The van der Waals surface area contributed by atoms with Crippen LogP contribution in [-0.2, 0) is 0 Å². The molecule has 0 heterocycles. The summed E-state index contributed by atoms with van der Waals surface area (Å²) in [7, 11) is 0. The first-order valence-corrected chi connectivity index (χ1v) is 6.22. The molecule has 0 spiro atoms. The number of anilines is 2. The van der Waals surface area contributed by atoms with E-state index < -0.39 is 17.5 Å². The lowest BCUT2D eigenvalue weighted by Crippen LogP contribution is -2.15. The zero-order valence-electron chi connectivity index (χ0n) is 9.95. The number of phenols is 1. The zero-order chi connectivity index (χ0) is 14.9. The van der Waals surface area contributed by atoms with Gasteiger partial charge in [0.05, 0.1) is 15.7 Å². The molecule has 0 atom stereocenters. The van der Waals surface area contributed by atoms with E-state index in [-0.39, 0.29) is 27.2 Å². The average Bonchev–Trinajstić information content (AvgIpc) is 2.38. The summed E-state index contributed by atoms with van der Waals surface area (Å²) in [5, 5.41) is 11.5. The third kappa shape index (κ3) is 2.88. The normalized spacial score (nSPS) is 10.3. The van der Waals surface area contributed by atoms with Crippen molar-refractivity contribution in [3.8, 4) is 5.75 Å². The number of halogens is 3. The number of amides is 1. The maximum absolute atomic E-state index is 13.6. The summed E-state index contributed by atoms with van der Waals surface area (Å²) < 4.78 is 26.9. The molecule has 2 rings (SSSR count). The van der Waals surface area contributed by atoms with Crippen molar-refractivity contribution in [3.63, 3.8) is 0 Å². The highest BCUT2D eigenvalue weighted by molar-refractivity contribution is 9.10. The van der Waals surface area contributed by atoms with Gasteiger partial charge >= 0.3 is 0 Å². The molecular weight excluding hydrogens is 334 g/mol. The van der Waals surface area contributed by atoms with Gasteiger partial charge in [-0.3, -0.25) is 4.79 Å². The first-order valence-electron chi connectivity index (χ1n) is 5.43. The van der Waals surface area contributed by atoms with Gasteiger partial charge in [0.15, 0.2) is 0 Å². The van der Waals surface area contributed by atoms with Gasteiger partial charge in [0.2, 0.25) is 0 Å². The van der Waals surface area contributed by atoms with Gasteiger partial charge in [0, 0.05) is 11.8 Å². The standard InChI is InChI=1S/C13H9BrF2N2O2/c14-8-4-10(16)12(5-9(8)15)18-13(20)7-3-6(19)1-2-11(7)17/h1-5,19H,17H2,(H,18,20). The summed E-state index contributed by atoms with van der Waals surface area (Å²) in [5.41, 5.74) is 5.34. The van der Waals surface area contributed by atoms with E-state index in [1.54, 1.807) is 0 Å². The second-order valence-electron chi connectivity index (χ2n) is 3.97. The van der Waals surface area contributed by atoms with Gasteiger partial charge in [0.25, 0.3) is 5.91 Å². The van der Waals surface area contributed by atoms with Crippen LogP contribution in [0.3, 0.4) is 0 Å². The van der Waals surface area contributed by atoms with E-state index in [2.05, 4.69) is 21.2 Å². The Hall–Kier alpha value is -2.15. The van der Waals surface area contributed by atoms with Crippen LogP contribution in [-0.4, -0.2) is 11.0 Å². The number of nitrogen functional groups attached to an aromatic ring is 1. The Bertz CT molecular complexity index is 692. The topological polar surface area (TPSA) is 75.3 Å². The van der Waals surface area contributed by atoms with Crippen molar-refractivity contribution in [3.05, 3.63) is 52.0 Å². The Balaban J connectivity index is 2.32. The van der Waals surface area contributed by atoms with E-state index in [1.165, 1.54) is 12.1 Å². The highest BCUT2D eigenvalue weighted by Crippen LogP contribution is 2.25. The number of rotatable bonds is 2. The van der Waals surface area contributed by atoms with E-state index in [9.17, 15) is 18.7 Å². The molecule has 0 radical (unpaired) electrons. The maximum Gasteiger partial charge on any atom is 0.257 e. The monoisotopic (exact) mass is 342 g/mol. The van der Waals surface area contributed by atoms with Gasteiger partial charge in [-0.05, 0) is 40.2 Å². The Morgan fingerprint density at radius 2 is 1.90 bits per heavy atom. The van der Waals surface area contributed by atoms with Gasteiger partial charge in [-0.15, -0.1) is 0 Å². The van der Waals surface area contributed by atoms with Crippen LogP contribution >= 0.6 is 15.9 Å². The number of nitrogens with two attached hydrogens (primary N) is 1. The van der Waals surface area contributed by atoms with Crippen LogP contribution in [0.2, 0.25) is 0 Å². The maximum atomic E-state index is 13.6. The fraction of sp³-hybridized carbons (Fsp3) is 0. The van der Waals surface area contributed by atoms with Crippen LogP contribution in [0.4, 0.5) is 20.2 Å². The molecule has 20 heavy (non-hydrogen) atoms. The summed E-state index contributed by atoms with van der Waals surface area (Å²) in [5.74, 6) is -2.43. The van der Waals surface area contributed by atoms with Crippen LogP contribution in [0, 0.1) is 11.6 Å². The van der Waals surface area contributed by atoms with Crippen LogP contribution in [0.15, 0.2) is 34.8 Å². The van der Waals surface area contributed by atoms with Crippen molar-refractivity contribution in [1.82, 2.24) is 0 Å². The van der Waals surface area contributed by atoms with E-state index in [4.69, 9.17) is 5.73 Å². The highest BCUT2D eigenvalue weighted by Gasteiger charge is 2.15. The molecule has 0 aliphatic rings. The molecule has 2 aromatic carbocycles. The van der Waals surface area contributed by atoms with Crippen LogP contribution in [0.1, 0.15) is 10.4 Å². The van der Waals surface area contributed by atoms with Gasteiger partial charge in [-0.1, -0.05) is 0 Å². The van der Waals surface area contributed by atoms with Gasteiger partial charge in [0.1, 0.15) is 17.4 Å². The Labute approximate surface area is 121 Å². The number of hydrogen-bond donors (Lipinski definition) is 3. The highest BCUT2D eigenvalue weighted by atomic mass is 79.9. The molecular formula is C13H9BrF2N2O2. The largest absolute Gasteiger partial charge is 0.508 e. The smallest absolute Gasteiger partial charge is 0.257 e. The molecule has 0 aromatic heterocycles. The molecule has 0 unspecified atom stereocenters. The van der Waals surface area contributed by atoms with Crippen molar-refractivity contribution in [2.45, 2.75) is 0 Å². The molecule has 4 nitrogen and oxygen atoms in total. The molecule has 104 valence electrons. The lowest BCUT2D eigenvalue weighted by atomic mass is 10.1. The molecule has 0 fully saturated rings. The van der Waals surface area contributed by atoms with Gasteiger partial charge in [-0.25, -0.2) is 8.78 Å². The molecule has 4 N–H and O–H groups in total. The van der Waals surface area contributed by atoms with Crippen LogP contribution in [0.5, 0.6) is 5.75 Å². The number of carbonyl (C=O) groups is 1. The van der Waals surface area contributed by atoms with Gasteiger partial charge < -0.3 is 16.2 Å². The molecule has 0 aliphatic carbocycles. The Morgan fingerprint density at radius 3 is 2.60 bits per heavy atom. The number of nitrogens with one attached hydrogen (secondary N) is 1. The second kappa shape index (κ2) is 5.46. The van der Waals surface area contributed by atoms with Crippen LogP contribution < -0.4 is 11.1 Å². The lowest BCUT2D eigenvalue weighted by molar-refractivity contribution is 0.102. The predicted molar refractivity (Wildman–Crippen MR) is 74.5 cm³/mol. The Morgan fingerprint density at radius 1 is 1.20 bits per heavy atom. The summed E-state index contributed by atoms with van der Waals surface area (Å²) in [6.07, 6.45) is 0. The molecule has 0 saturated carbocycles. The average molecular weight is 343 g/mol. The molecule has 0 saturated heterocycles. The number of phenolic OH excluding ortho intramolecular Hbond substituents is 1. The predicted octanol–water partition coefficient (Wildman–Crippen LogP) is 3.27. The van der Waals surface area contributed by atoms with Gasteiger partial charge in [-0.2, -0.15) is 0 Å². The van der Waals surface area contributed by atoms with Crippen molar-refractivity contribution in [2.75, 3.05) is 11.1 Å². The number of hydrogen-bond acceptors (Lipinski definition) is 3. The summed E-state index contributed by atoms with van der Waals surface area (Å²) in [6.45, 7) is 0. The molecule has 7 heteroatoms. The summed E-state index contributed by atoms with van der Waals surface area (Å²) in [4.78, 5) is 11.9. The first kappa shape index (κ1) is 14.3. The van der Waals surface area contributed by atoms with E-state index >= 15 is 0 Å². The van der Waals surface area contributed by atoms with Crippen molar-refractivity contribution in [2.24, 2.45) is 0 Å². The fourth-order valence-corrected chi connectivity index (χ4v) is 1.86. The SMILES string of the molecule is Nc1ccc(O)cc1C(=O)Nc1cc(F)c(Br)cc1F. The molecule has 1 amide bonds. The van der Waals surface area contributed by atoms with Crippen molar-refractivity contribution >= 4 is 33.2 Å². The Kier molecular flexibility index (Phi) is 3.89. The van der Waals surface area contributed by atoms with Crippen molar-refractivity contribution in [1.29, 1.82) is 0 Å². The lowest BCUT2D eigenvalue weighted by Gasteiger charge is -2.09. The fourth-order valence-electron chi connectivity index (χ4n) is 1.55. The quantitative estimate of drug-likeness (QED) is 0.445. The summed E-state index contributed by atoms with van der Waals surface area (Å²) >= 11 is 2.83. The molecule has 2 aromatic rings. The summed E-state index contributed by atoms with van der Waals surface area (Å²) in [6, 6.07) is 5.53. The first-order chi connectivity index (χ1) is 9.38. The number of benzene rings is 2. The third-order valence-electron chi connectivity index (χ3n) is 2.54. The van der Waals surface area contributed by atoms with E-state index in [1.807, 2.05) is 0 Å². The molecule has 0 bridgehead atoms. The van der Waals surface area contributed by atoms with Crippen molar-refractivity contribution < 1.29 is 18.7 Å². The minimum absolute atomic E-state index is 0.0345. The second-order valence-corrected chi connectivity index (χ2v) is 4.83. The minimum Gasteiger partial charge on any atom is -0.508 e. The minimum atomic E-state index is -0.801. The number of carbonyl (C=O) groups excluding carboxylic acids is 1. The van der Waals surface area contributed by atoms with E-state index in [0.29, 0.717) is 0 Å². The number of aromatic hydroxyl groups is 1. The van der Waals surface area contributed by atoms with E-state index in [0.717, 1.165) is 18.2 Å². The molecule has 0 aliphatic heterocycles.